The zero-order valence-corrected chi connectivity index (χ0v) is 11.4. The summed E-state index contributed by atoms with van der Waals surface area (Å²) in [4.78, 5) is 6.71. The van der Waals surface area contributed by atoms with E-state index in [-0.39, 0.29) is 16.0 Å². The molecular formula is C13H10F4N2S. The molecule has 0 aliphatic rings. The zero-order valence-electron chi connectivity index (χ0n) is 10.6. The van der Waals surface area contributed by atoms with Crippen LogP contribution in [0.3, 0.4) is 0 Å². The third-order valence-corrected chi connectivity index (χ3v) is 3.34. The minimum absolute atomic E-state index is 0.0228. The molecule has 0 bridgehead atoms. The van der Waals surface area contributed by atoms with Gasteiger partial charge in [0.2, 0.25) is 0 Å². The highest BCUT2D eigenvalue weighted by atomic mass is 32.1. The van der Waals surface area contributed by atoms with E-state index >= 15 is 0 Å². The van der Waals surface area contributed by atoms with Gasteiger partial charge in [0.25, 0.3) is 0 Å². The summed E-state index contributed by atoms with van der Waals surface area (Å²) in [6.45, 7) is 3.41. The average Bonchev–Trinajstić information content (AvgIpc) is 2.34. The quantitative estimate of drug-likeness (QED) is 0.617. The topological polar surface area (TPSA) is 28.7 Å². The Kier molecular flexibility index (Phi) is 3.64. The summed E-state index contributed by atoms with van der Waals surface area (Å²) in [5, 5.41) is 0. The number of halogens is 4. The van der Waals surface area contributed by atoms with E-state index in [1.54, 1.807) is 13.8 Å². The molecule has 0 fully saturated rings. The van der Waals surface area contributed by atoms with Gasteiger partial charge in [-0.3, -0.25) is 0 Å². The molecule has 0 atom stereocenters. The molecule has 0 amide bonds. The highest BCUT2D eigenvalue weighted by molar-refractivity contribution is 7.71. The molecule has 0 radical (unpaired) electrons. The number of nitrogens with zero attached hydrogens (tertiary/aromatic N) is 1. The summed E-state index contributed by atoms with van der Waals surface area (Å²) in [5.41, 5.74) is 0.00359. The van der Waals surface area contributed by atoms with E-state index in [9.17, 15) is 17.6 Å². The fourth-order valence-corrected chi connectivity index (χ4v) is 1.97. The lowest BCUT2D eigenvalue weighted by Gasteiger charge is -2.13. The van der Waals surface area contributed by atoms with Crippen LogP contribution in [0.2, 0.25) is 0 Å². The van der Waals surface area contributed by atoms with Crippen molar-refractivity contribution in [2.75, 3.05) is 0 Å². The normalized spacial score (nSPS) is 11.7. The minimum Gasteiger partial charge on any atom is -0.343 e. The van der Waals surface area contributed by atoms with Gasteiger partial charge < -0.3 is 4.98 Å². The maximum atomic E-state index is 13.1. The number of alkyl halides is 3. The molecular weight excluding hydrogens is 292 g/mol. The van der Waals surface area contributed by atoms with Gasteiger partial charge in [0.1, 0.15) is 16.3 Å². The van der Waals surface area contributed by atoms with Crippen molar-refractivity contribution in [1.29, 1.82) is 0 Å². The molecule has 1 heterocycles. The van der Waals surface area contributed by atoms with Gasteiger partial charge in [-0.25, -0.2) is 9.37 Å². The first-order valence-corrected chi connectivity index (χ1v) is 6.05. The summed E-state index contributed by atoms with van der Waals surface area (Å²) in [5.74, 6) is -0.978. The smallest absolute Gasteiger partial charge is 0.343 e. The van der Waals surface area contributed by atoms with Gasteiger partial charge in [0.15, 0.2) is 0 Å². The van der Waals surface area contributed by atoms with E-state index in [1.165, 1.54) is 0 Å². The van der Waals surface area contributed by atoms with Crippen LogP contribution in [0.25, 0.3) is 11.4 Å². The number of hydrogen-bond acceptors (Lipinski definition) is 2. The van der Waals surface area contributed by atoms with Crippen molar-refractivity contribution in [3.05, 3.63) is 45.5 Å². The number of aromatic amines is 1. The fourth-order valence-electron chi connectivity index (χ4n) is 1.73. The fraction of sp³-hybridized carbons (Fsp3) is 0.231. The van der Waals surface area contributed by atoms with E-state index in [0.29, 0.717) is 17.3 Å². The Balaban J connectivity index is 2.74. The van der Waals surface area contributed by atoms with Crippen LogP contribution in [-0.2, 0) is 6.18 Å². The molecule has 20 heavy (non-hydrogen) atoms. The number of benzene rings is 1. The van der Waals surface area contributed by atoms with Crippen LogP contribution in [0.5, 0.6) is 0 Å². The predicted molar refractivity (Wildman–Crippen MR) is 69.3 cm³/mol. The molecule has 0 unspecified atom stereocenters. The number of H-pyrrole nitrogens is 1. The Morgan fingerprint density at radius 3 is 2.40 bits per heavy atom. The van der Waals surface area contributed by atoms with Crippen LogP contribution >= 0.6 is 12.2 Å². The average molecular weight is 302 g/mol. The zero-order chi connectivity index (χ0) is 15.1. The number of hydrogen-bond donors (Lipinski definition) is 1. The lowest BCUT2D eigenvalue weighted by Crippen LogP contribution is -2.09. The van der Waals surface area contributed by atoms with E-state index < -0.39 is 17.6 Å². The molecule has 1 aromatic heterocycles. The Bertz CT molecular complexity index is 719. The lowest BCUT2D eigenvalue weighted by molar-refractivity contribution is -0.137. The predicted octanol–water partition coefficient (Wildman–Crippen LogP) is 4.58. The second-order valence-electron chi connectivity index (χ2n) is 4.33. The van der Waals surface area contributed by atoms with E-state index in [4.69, 9.17) is 12.2 Å². The number of aromatic nitrogens is 2. The van der Waals surface area contributed by atoms with Crippen molar-refractivity contribution in [2.24, 2.45) is 0 Å². The van der Waals surface area contributed by atoms with Crippen LogP contribution in [0.1, 0.15) is 16.8 Å². The van der Waals surface area contributed by atoms with Crippen molar-refractivity contribution in [3.8, 4) is 11.4 Å². The molecule has 106 valence electrons. The van der Waals surface area contributed by atoms with Gasteiger partial charge in [-0.15, -0.1) is 0 Å². The Morgan fingerprint density at radius 2 is 1.85 bits per heavy atom. The summed E-state index contributed by atoms with van der Waals surface area (Å²) in [7, 11) is 0. The van der Waals surface area contributed by atoms with Crippen LogP contribution < -0.4 is 0 Å². The molecule has 2 aromatic rings. The Morgan fingerprint density at radius 1 is 1.20 bits per heavy atom. The number of aryl methyl sites for hydroxylation is 1. The lowest BCUT2D eigenvalue weighted by atomic mass is 10.1. The molecule has 1 N–H and O–H groups in total. The first-order valence-electron chi connectivity index (χ1n) is 5.65. The standard InChI is InChI=1S/C13H10F4N2S/c1-6-7(2)18-11(19-12(6)20)9-4-3-8(14)5-10(9)13(15,16)17/h3-5H,1-2H3,(H,18,19,20). The molecule has 0 saturated carbocycles. The highest BCUT2D eigenvalue weighted by Gasteiger charge is 2.34. The molecule has 7 heteroatoms. The van der Waals surface area contributed by atoms with E-state index in [1.807, 2.05) is 0 Å². The molecule has 2 nitrogen and oxygen atoms in total. The Hall–Kier alpha value is -1.76. The van der Waals surface area contributed by atoms with Gasteiger partial charge in [-0.2, -0.15) is 13.2 Å². The van der Waals surface area contributed by atoms with Crippen molar-refractivity contribution >= 4 is 12.2 Å². The van der Waals surface area contributed by atoms with E-state index in [0.717, 1.165) is 12.1 Å². The van der Waals surface area contributed by atoms with Crippen molar-refractivity contribution in [2.45, 2.75) is 20.0 Å². The van der Waals surface area contributed by atoms with Gasteiger partial charge in [-0.1, -0.05) is 12.2 Å². The number of nitrogens with one attached hydrogen (secondary N) is 1. The van der Waals surface area contributed by atoms with Crippen LogP contribution in [0.15, 0.2) is 18.2 Å². The summed E-state index contributed by atoms with van der Waals surface area (Å²) in [6, 6.07) is 2.45. The molecule has 0 saturated heterocycles. The molecule has 0 aliphatic carbocycles. The van der Waals surface area contributed by atoms with Crippen molar-refractivity contribution in [3.63, 3.8) is 0 Å². The molecule has 2 rings (SSSR count). The third-order valence-electron chi connectivity index (χ3n) is 2.94. The highest BCUT2D eigenvalue weighted by Crippen LogP contribution is 2.36. The van der Waals surface area contributed by atoms with Gasteiger partial charge in [0.05, 0.1) is 5.56 Å². The summed E-state index contributed by atoms with van der Waals surface area (Å²) < 4.78 is 52.2. The maximum absolute atomic E-state index is 13.1. The van der Waals surface area contributed by atoms with Crippen molar-refractivity contribution < 1.29 is 17.6 Å². The second kappa shape index (κ2) is 4.97. The van der Waals surface area contributed by atoms with Crippen LogP contribution in [0, 0.1) is 24.3 Å². The first kappa shape index (κ1) is 14.6. The maximum Gasteiger partial charge on any atom is 0.417 e. The van der Waals surface area contributed by atoms with E-state index in [2.05, 4.69) is 9.97 Å². The molecule has 0 aliphatic heterocycles. The second-order valence-corrected chi connectivity index (χ2v) is 4.71. The largest absolute Gasteiger partial charge is 0.417 e. The van der Waals surface area contributed by atoms with Crippen LogP contribution in [0.4, 0.5) is 17.6 Å². The third kappa shape index (κ3) is 2.72. The van der Waals surface area contributed by atoms with Crippen LogP contribution in [-0.4, -0.2) is 9.97 Å². The summed E-state index contributed by atoms with van der Waals surface area (Å²) in [6.07, 6.45) is -4.67. The van der Waals surface area contributed by atoms with Crippen molar-refractivity contribution in [1.82, 2.24) is 9.97 Å². The molecule has 1 aromatic carbocycles. The first-order chi connectivity index (χ1) is 9.20. The monoisotopic (exact) mass is 302 g/mol. The van der Waals surface area contributed by atoms with Gasteiger partial charge in [0, 0.05) is 16.8 Å². The molecule has 0 spiro atoms. The van der Waals surface area contributed by atoms with Gasteiger partial charge >= 0.3 is 6.18 Å². The minimum atomic E-state index is -4.67. The summed E-state index contributed by atoms with van der Waals surface area (Å²) >= 11 is 5.00. The SMILES string of the molecule is Cc1[nH]c(-c2ccc(F)cc2C(F)(F)F)nc(=S)c1C. The van der Waals surface area contributed by atoms with Gasteiger partial charge in [-0.05, 0) is 32.0 Å². The Labute approximate surface area is 117 Å². The number of rotatable bonds is 1.